The van der Waals surface area contributed by atoms with Crippen molar-refractivity contribution in [3.8, 4) is 0 Å². The van der Waals surface area contributed by atoms with Gasteiger partial charge in [0.2, 0.25) is 0 Å². The summed E-state index contributed by atoms with van der Waals surface area (Å²) in [6, 6.07) is 0. The third-order valence-electron chi connectivity index (χ3n) is 1.90. The predicted octanol–water partition coefficient (Wildman–Crippen LogP) is 1.25. The van der Waals surface area contributed by atoms with Crippen molar-refractivity contribution >= 4 is 0 Å². The van der Waals surface area contributed by atoms with Gasteiger partial charge in [-0.25, -0.2) is 4.79 Å². The van der Waals surface area contributed by atoms with Crippen LogP contribution in [0.4, 0.5) is 0 Å². The Morgan fingerprint density at radius 3 is 2.00 bits per heavy atom. The maximum atomic E-state index is 11.6. The minimum Gasteiger partial charge on any atom is -0.302 e. The van der Waals surface area contributed by atoms with Crippen molar-refractivity contribution in [1.29, 1.82) is 0 Å². The second-order valence-corrected chi connectivity index (χ2v) is 4.17. The van der Waals surface area contributed by atoms with Crippen LogP contribution in [0.5, 0.6) is 0 Å². The predicted molar refractivity (Wildman–Crippen MR) is 49.4 cm³/mol. The molecule has 0 saturated heterocycles. The van der Waals surface area contributed by atoms with E-state index >= 15 is 0 Å². The fourth-order valence-corrected chi connectivity index (χ4v) is 1.52. The first kappa shape index (κ1) is 9.10. The zero-order valence-electron chi connectivity index (χ0n) is 8.38. The van der Waals surface area contributed by atoms with Gasteiger partial charge in [0.05, 0.1) is 0 Å². The van der Waals surface area contributed by atoms with Gasteiger partial charge in [0.1, 0.15) is 0 Å². The molecule has 0 aliphatic carbocycles. The minimum absolute atomic E-state index is 0.0556. The fraction of sp³-hybridized carbons (Fsp3) is 0.667. The first-order valence-corrected chi connectivity index (χ1v) is 4.09. The summed E-state index contributed by atoms with van der Waals surface area (Å²) in [7, 11) is 1.78. The number of aryl methyl sites for hydroxylation is 2. The van der Waals surface area contributed by atoms with Crippen LogP contribution in [0.1, 0.15) is 26.5 Å². The first-order valence-electron chi connectivity index (χ1n) is 4.09. The highest BCUT2D eigenvalue weighted by Gasteiger charge is 2.18. The van der Waals surface area contributed by atoms with Gasteiger partial charge in [-0.1, -0.05) is 0 Å². The molecule has 0 saturated carbocycles. The quantitative estimate of drug-likeness (QED) is 0.572. The Morgan fingerprint density at radius 1 is 1.33 bits per heavy atom. The molecule has 68 valence electrons. The summed E-state index contributed by atoms with van der Waals surface area (Å²) in [5.74, 6) is 0. The van der Waals surface area contributed by atoms with E-state index in [1.54, 1.807) is 16.2 Å². The lowest BCUT2D eigenvalue weighted by Gasteiger charge is -2.21. The molecule has 0 aromatic carbocycles. The second-order valence-electron chi connectivity index (χ2n) is 4.17. The van der Waals surface area contributed by atoms with E-state index in [1.165, 1.54) is 0 Å². The van der Waals surface area contributed by atoms with Gasteiger partial charge in [0.15, 0.2) is 0 Å². The Labute approximate surface area is 72.6 Å². The number of hydrogen-bond acceptors (Lipinski definition) is 1. The summed E-state index contributed by atoms with van der Waals surface area (Å²) >= 11 is 0. The van der Waals surface area contributed by atoms with Gasteiger partial charge < -0.3 is 4.57 Å². The Bertz CT molecular complexity index is 338. The lowest BCUT2D eigenvalue weighted by Crippen LogP contribution is -2.34. The van der Waals surface area contributed by atoms with Crippen LogP contribution >= 0.6 is 0 Å². The third kappa shape index (κ3) is 1.31. The highest BCUT2D eigenvalue weighted by atomic mass is 16.1. The van der Waals surface area contributed by atoms with Crippen molar-refractivity contribution in [1.82, 2.24) is 9.13 Å². The molecule has 3 heteroatoms. The summed E-state index contributed by atoms with van der Waals surface area (Å²) in [6.45, 7) is 8.04. The van der Waals surface area contributed by atoms with Crippen LogP contribution in [0.25, 0.3) is 0 Å². The van der Waals surface area contributed by atoms with Gasteiger partial charge in [-0.2, -0.15) is 0 Å². The largest absolute Gasteiger partial charge is 0.328 e. The highest BCUT2D eigenvalue weighted by Crippen LogP contribution is 2.13. The molecule has 0 aliphatic rings. The highest BCUT2D eigenvalue weighted by molar-refractivity contribution is 5.00. The van der Waals surface area contributed by atoms with Crippen LogP contribution < -0.4 is 5.69 Å². The van der Waals surface area contributed by atoms with Crippen molar-refractivity contribution < 1.29 is 0 Å². The van der Waals surface area contributed by atoms with Crippen LogP contribution in [-0.4, -0.2) is 9.13 Å². The van der Waals surface area contributed by atoms with Crippen LogP contribution in [0.15, 0.2) is 11.0 Å². The van der Waals surface area contributed by atoms with E-state index in [9.17, 15) is 4.79 Å². The third-order valence-corrected chi connectivity index (χ3v) is 1.90. The van der Waals surface area contributed by atoms with E-state index in [1.807, 2.05) is 33.9 Å². The second kappa shape index (κ2) is 2.51. The molecule has 0 N–H and O–H groups in total. The zero-order valence-corrected chi connectivity index (χ0v) is 8.38. The smallest absolute Gasteiger partial charge is 0.302 e. The monoisotopic (exact) mass is 168 g/mol. The molecule has 1 heterocycles. The van der Waals surface area contributed by atoms with Crippen molar-refractivity contribution in [2.24, 2.45) is 7.05 Å². The molecule has 0 atom stereocenters. The summed E-state index contributed by atoms with van der Waals surface area (Å²) in [5, 5.41) is 0. The lowest BCUT2D eigenvalue weighted by molar-refractivity contribution is 0.374. The van der Waals surface area contributed by atoms with Crippen LogP contribution in [0.3, 0.4) is 0 Å². The van der Waals surface area contributed by atoms with E-state index in [0.29, 0.717) is 0 Å². The standard InChI is InChI=1S/C9H16N2O/c1-7-6-10(5)8(12)11(7)9(2,3)4/h6H,1-5H3. The minimum atomic E-state index is -0.123. The molecule has 0 aliphatic heterocycles. The summed E-state index contributed by atoms with van der Waals surface area (Å²) in [4.78, 5) is 11.6. The van der Waals surface area contributed by atoms with Crippen molar-refractivity contribution in [2.45, 2.75) is 33.2 Å². The molecule has 12 heavy (non-hydrogen) atoms. The number of rotatable bonds is 0. The number of imidazole rings is 1. The topological polar surface area (TPSA) is 26.9 Å². The number of nitrogens with zero attached hydrogens (tertiary/aromatic N) is 2. The summed E-state index contributed by atoms with van der Waals surface area (Å²) in [6.07, 6.45) is 1.85. The van der Waals surface area contributed by atoms with E-state index in [2.05, 4.69) is 0 Å². The van der Waals surface area contributed by atoms with Gasteiger partial charge in [-0.3, -0.25) is 4.57 Å². The molecule has 0 spiro atoms. The molecule has 0 bridgehead atoms. The van der Waals surface area contributed by atoms with Crippen molar-refractivity contribution in [3.05, 3.63) is 22.4 Å². The summed E-state index contributed by atoms with van der Waals surface area (Å²) in [5.41, 5.74) is 0.942. The molecular weight excluding hydrogens is 152 g/mol. The van der Waals surface area contributed by atoms with Gasteiger partial charge >= 0.3 is 5.69 Å². The Kier molecular flexibility index (Phi) is 1.90. The molecule has 1 aromatic heterocycles. The maximum Gasteiger partial charge on any atom is 0.328 e. The molecule has 0 radical (unpaired) electrons. The van der Waals surface area contributed by atoms with Crippen LogP contribution in [-0.2, 0) is 12.6 Å². The molecule has 1 rings (SSSR count). The van der Waals surface area contributed by atoms with Gasteiger partial charge in [0.25, 0.3) is 0 Å². The van der Waals surface area contributed by atoms with Gasteiger partial charge in [0, 0.05) is 24.5 Å². The zero-order chi connectivity index (χ0) is 9.52. The number of hydrogen-bond donors (Lipinski definition) is 0. The summed E-state index contributed by atoms with van der Waals surface area (Å²) < 4.78 is 3.41. The molecule has 0 fully saturated rings. The molecule has 0 amide bonds. The normalized spacial score (nSPS) is 12.1. The van der Waals surface area contributed by atoms with E-state index < -0.39 is 0 Å². The van der Waals surface area contributed by atoms with E-state index in [0.717, 1.165) is 5.69 Å². The van der Waals surface area contributed by atoms with E-state index in [-0.39, 0.29) is 11.2 Å². The SMILES string of the molecule is Cc1cn(C)c(=O)n1C(C)(C)C. The Hall–Kier alpha value is -0.990. The van der Waals surface area contributed by atoms with E-state index in [4.69, 9.17) is 0 Å². The molecule has 0 unspecified atom stereocenters. The average molecular weight is 168 g/mol. The fourth-order valence-electron chi connectivity index (χ4n) is 1.52. The lowest BCUT2D eigenvalue weighted by atomic mass is 10.1. The Morgan fingerprint density at radius 2 is 1.83 bits per heavy atom. The number of aromatic nitrogens is 2. The maximum absolute atomic E-state index is 11.6. The van der Waals surface area contributed by atoms with Crippen LogP contribution in [0.2, 0.25) is 0 Å². The van der Waals surface area contributed by atoms with Crippen molar-refractivity contribution in [3.63, 3.8) is 0 Å². The van der Waals surface area contributed by atoms with Gasteiger partial charge in [-0.15, -0.1) is 0 Å². The Balaban J connectivity index is 3.43. The first-order chi connectivity index (χ1) is 5.34. The molecule has 3 nitrogen and oxygen atoms in total. The average Bonchev–Trinajstić information content (AvgIpc) is 2.05. The van der Waals surface area contributed by atoms with Gasteiger partial charge in [-0.05, 0) is 27.7 Å². The van der Waals surface area contributed by atoms with Crippen molar-refractivity contribution in [2.75, 3.05) is 0 Å². The van der Waals surface area contributed by atoms with Crippen LogP contribution in [0, 0.1) is 6.92 Å². The molecule has 1 aromatic rings. The molecular formula is C9H16N2O.